The number of rotatable bonds is 5. The van der Waals surface area contributed by atoms with Crippen molar-refractivity contribution >= 4 is 16.7 Å². The number of fused-ring (bicyclic) bond motifs is 1. The van der Waals surface area contributed by atoms with Gasteiger partial charge in [0.2, 0.25) is 0 Å². The lowest BCUT2D eigenvalue weighted by Gasteiger charge is -2.08. The summed E-state index contributed by atoms with van der Waals surface area (Å²) in [7, 11) is 0. The minimum Gasteiger partial charge on any atom is -0.508 e. The van der Waals surface area contributed by atoms with E-state index < -0.39 is 0 Å². The molecule has 21 heavy (non-hydrogen) atoms. The highest BCUT2D eigenvalue weighted by atomic mass is 16.3. The molecule has 0 fully saturated rings. The molecule has 0 radical (unpaired) electrons. The number of phenols is 1. The summed E-state index contributed by atoms with van der Waals surface area (Å²) in [6.45, 7) is 0.849. The number of phenolic OH excluding ortho intramolecular Hbond substituents is 1. The highest BCUT2D eigenvalue weighted by Gasteiger charge is 2.01. The van der Waals surface area contributed by atoms with Crippen molar-refractivity contribution in [1.82, 2.24) is 9.97 Å². The van der Waals surface area contributed by atoms with Crippen molar-refractivity contribution in [3.63, 3.8) is 0 Å². The van der Waals surface area contributed by atoms with Crippen molar-refractivity contribution in [3.8, 4) is 5.75 Å². The van der Waals surface area contributed by atoms with Crippen molar-refractivity contribution in [2.75, 3.05) is 11.9 Å². The zero-order valence-corrected chi connectivity index (χ0v) is 11.7. The third kappa shape index (κ3) is 3.28. The molecule has 4 heteroatoms. The highest BCUT2D eigenvalue weighted by molar-refractivity contribution is 5.88. The van der Waals surface area contributed by atoms with Gasteiger partial charge in [-0.1, -0.05) is 24.3 Å². The van der Waals surface area contributed by atoms with E-state index in [1.54, 1.807) is 18.5 Å². The quantitative estimate of drug-likeness (QED) is 0.703. The number of benzene rings is 2. The van der Waals surface area contributed by atoms with Crippen LogP contribution in [0.1, 0.15) is 12.0 Å². The summed E-state index contributed by atoms with van der Waals surface area (Å²) in [5.74, 6) is 1.19. The van der Waals surface area contributed by atoms with Gasteiger partial charge in [-0.2, -0.15) is 0 Å². The second-order valence-corrected chi connectivity index (χ2v) is 4.94. The number of nitrogens with one attached hydrogen (secondary N) is 1. The lowest BCUT2D eigenvalue weighted by molar-refractivity contribution is 0.475. The Balaban J connectivity index is 1.58. The van der Waals surface area contributed by atoms with Crippen LogP contribution >= 0.6 is 0 Å². The molecule has 0 aliphatic carbocycles. The average molecular weight is 279 g/mol. The smallest absolute Gasteiger partial charge is 0.137 e. The summed E-state index contributed by atoms with van der Waals surface area (Å²) in [6, 6.07) is 15.3. The Morgan fingerprint density at radius 3 is 2.62 bits per heavy atom. The van der Waals surface area contributed by atoms with Gasteiger partial charge < -0.3 is 10.4 Å². The molecular formula is C17H17N3O. The molecule has 0 saturated heterocycles. The summed E-state index contributed by atoms with van der Waals surface area (Å²) < 4.78 is 0. The first-order valence-electron chi connectivity index (χ1n) is 7.04. The maximum Gasteiger partial charge on any atom is 0.137 e. The number of para-hydroxylation sites is 1. The fraction of sp³-hybridized carbons (Fsp3) is 0.176. The second-order valence-electron chi connectivity index (χ2n) is 4.94. The molecule has 106 valence electrons. The summed E-state index contributed by atoms with van der Waals surface area (Å²) in [4.78, 5) is 8.56. The van der Waals surface area contributed by atoms with Crippen molar-refractivity contribution in [2.24, 2.45) is 0 Å². The zero-order valence-electron chi connectivity index (χ0n) is 11.7. The van der Waals surface area contributed by atoms with Crippen LogP contribution in [0.4, 0.5) is 5.82 Å². The van der Waals surface area contributed by atoms with E-state index in [9.17, 15) is 5.11 Å². The minimum absolute atomic E-state index is 0.310. The monoisotopic (exact) mass is 279 g/mol. The van der Waals surface area contributed by atoms with Gasteiger partial charge in [-0.15, -0.1) is 0 Å². The van der Waals surface area contributed by atoms with Gasteiger partial charge in [-0.05, 0) is 42.7 Å². The van der Waals surface area contributed by atoms with Gasteiger partial charge >= 0.3 is 0 Å². The first kappa shape index (κ1) is 13.4. The van der Waals surface area contributed by atoms with Crippen LogP contribution in [0.15, 0.2) is 54.9 Å². The molecule has 0 saturated carbocycles. The molecule has 0 aliphatic rings. The van der Waals surface area contributed by atoms with Crippen LogP contribution in [0.25, 0.3) is 10.9 Å². The number of hydrogen-bond donors (Lipinski definition) is 2. The van der Waals surface area contributed by atoms with Crippen molar-refractivity contribution in [1.29, 1.82) is 0 Å². The van der Waals surface area contributed by atoms with E-state index in [0.717, 1.165) is 36.1 Å². The van der Waals surface area contributed by atoms with Crippen LogP contribution in [0.5, 0.6) is 5.75 Å². The molecule has 1 heterocycles. The Morgan fingerprint density at radius 2 is 1.76 bits per heavy atom. The topological polar surface area (TPSA) is 58.0 Å². The Labute approximate surface area is 123 Å². The lowest BCUT2D eigenvalue weighted by atomic mass is 10.1. The maximum absolute atomic E-state index is 9.25. The first-order valence-corrected chi connectivity index (χ1v) is 7.04. The van der Waals surface area contributed by atoms with Gasteiger partial charge in [0.25, 0.3) is 0 Å². The predicted molar refractivity (Wildman–Crippen MR) is 84.5 cm³/mol. The molecule has 0 amide bonds. The van der Waals surface area contributed by atoms with Crippen LogP contribution in [-0.4, -0.2) is 21.6 Å². The molecule has 1 aromatic heterocycles. The molecule has 2 aromatic carbocycles. The van der Waals surface area contributed by atoms with Crippen molar-refractivity contribution in [2.45, 2.75) is 12.8 Å². The Hall–Kier alpha value is -2.62. The van der Waals surface area contributed by atoms with Crippen molar-refractivity contribution < 1.29 is 5.11 Å². The number of hydrogen-bond acceptors (Lipinski definition) is 4. The number of nitrogens with zero attached hydrogens (tertiary/aromatic N) is 2. The van der Waals surface area contributed by atoms with E-state index in [1.807, 2.05) is 36.4 Å². The summed E-state index contributed by atoms with van der Waals surface area (Å²) >= 11 is 0. The number of aromatic hydroxyl groups is 1. The average Bonchev–Trinajstić information content (AvgIpc) is 2.53. The highest BCUT2D eigenvalue weighted by Crippen LogP contribution is 2.18. The van der Waals surface area contributed by atoms with Crippen LogP contribution in [0.3, 0.4) is 0 Å². The van der Waals surface area contributed by atoms with Crippen LogP contribution in [-0.2, 0) is 6.42 Å². The van der Waals surface area contributed by atoms with E-state index in [0.29, 0.717) is 5.75 Å². The third-order valence-corrected chi connectivity index (χ3v) is 3.41. The van der Waals surface area contributed by atoms with Gasteiger partial charge in [0.05, 0.1) is 5.52 Å². The summed E-state index contributed by atoms with van der Waals surface area (Å²) in [6.07, 6.45) is 3.56. The van der Waals surface area contributed by atoms with E-state index in [2.05, 4.69) is 15.3 Å². The molecule has 0 aliphatic heterocycles. The normalized spacial score (nSPS) is 10.7. The van der Waals surface area contributed by atoms with Gasteiger partial charge in [-0.25, -0.2) is 9.97 Å². The molecule has 0 bridgehead atoms. The molecule has 3 aromatic rings. The summed E-state index contributed by atoms with van der Waals surface area (Å²) in [5.41, 5.74) is 2.18. The SMILES string of the molecule is Oc1ccc(CCCNc2ncnc3ccccc23)cc1. The molecule has 0 atom stereocenters. The Morgan fingerprint density at radius 1 is 0.952 bits per heavy atom. The van der Waals surface area contributed by atoms with E-state index in [4.69, 9.17) is 0 Å². The predicted octanol–water partition coefficient (Wildman–Crippen LogP) is 3.38. The fourth-order valence-corrected chi connectivity index (χ4v) is 2.31. The summed E-state index contributed by atoms with van der Waals surface area (Å²) in [5, 5.41) is 13.7. The number of aryl methyl sites for hydroxylation is 1. The molecule has 0 spiro atoms. The van der Waals surface area contributed by atoms with Crippen molar-refractivity contribution in [3.05, 3.63) is 60.4 Å². The molecule has 3 rings (SSSR count). The Kier molecular flexibility index (Phi) is 3.96. The number of anilines is 1. The van der Waals surface area contributed by atoms with Crippen LogP contribution in [0, 0.1) is 0 Å². The van der Waals surface area contributed by atoms with Crippen LogP contribution < -0.4 is 5.32 Å². The minimum atomic E-state index is 0.310. The molecule has 4 nitrogen and oxygen atoms in total. The lowest BCUT2D eigenvalue weighted by Crippen LogP contribution is -2.05. The largest absolute Gasteiger partial charge is 0.508 e. The van der Waals surface area contributed by atoms with Gasteiger partial charge in [-0.3, -0.25) is 0 Å². The van der Waals surface area contributed by atoms with Gasteiger partial charge in [0.1, 0.15) is 17.9 Å². The first-order chi connectivity index (χ1) is 10.3. The molecular weight excluding hydrogens is 262 g/mol. The zero-order chi connectivity index (χ0) is 14.5. The van der Waals surface area contributed by atoms with Gasteiger partial charge in [0.15, 0.2) is 0 Å². The maximum atomic E-state index is 9.25. The standard InChI is InChI=1S/C17H17N3O/c21-14-9-7-13(8-10-14)4-3-11-18-17-15-5-1-2-6-16(15)19-12-20-17/h1-2,5-10,12,21H,3-4,11H2,(H,18,19,20). The molecule has 0 unspecified atom stereocenters. The van der Waals surface area contributed by atoms with Gasteiger partial charge in [0, 0.05) is 11.9 Å². The Bertz CT molecular complexity index is 720. The third-order valence-electron chi connectivity index (χ3n) is 3.41. The fourth-order valence-electron chi connectivity index (χ4n) is 2.31. The number of aromatic nitrogens is 2. The second kappa shape index (κ2) is 6.22. The van der Waals surface area contributed by atoms with E-state index >= 15 is 0 Å². The molecule has 2 N–H and O–H groups in total. The van der Waals surface area contributed by atoms with E-state index in [-0.39, 0.29) is 0 Å². The van der Waals surface area contributed by atoms with E-state index in [1.165, 1.54) is 5.56 Å². The van der Waals surface area contributed by atoms with Crippen LogP contribution in [0.2, 0.25) is 0 Å².